The number of anilines is 1. The average molecular weight is 294 g/mol. The molecule has 0 unspecified atom stereocenters. The summed E-state index contributed by atoms with van der Waals surface area (Å²) in [5, 5.41) is 10.6. The van der Waals surface area contributed by atoms with E-state index >= 15 is 0 Å². The van der Waals surface area contributed by atoms with Gasteiger partial charge in [0.15, 0.2) is 0 Å². The third-order valence-corrected chi connectivity index (χ3v) is 3.22. The highest BCUT2D eigenvalue weighted by molar-refractivity contribution is 5.96. The van der Waals surface area contributed by atoms with E-state index in [0.717, 1.165) is 5.69 Å². The Bertz CT molecular complexity index is 526. The first-order valence-corrected chi connectivity index (χ1v) is 6.86. The van der Waals surface area contributed by atoms with Gasteiger partial charge in [0.1, 0.15) is 0 Å². The Morgan fingerprint density at radius 2 is 2.14 bits per heavy atom. The van der Waals surface area contributed by atoms with E-state index in [2.05, 4.69) is 0 Å². The molecule has 0 aromatic heterocycles. The van der Waals surface area contributed by atoms with Crippen LogP contribution in [0, 0.1) is 10.1 Å². The number of hydrogen-bond acceptors (Lipinski definition) is 6. The molecule has 1 aliphatic heterocycles. The van der Waals surface area contributed by atoms with E-state index in [1.54, 1.807) is 25.1 Å². The lowest BCUT2D eigenvalue weighted by Gasteiger charge is -2.30. The zero-order valence-corrected chi connectivity index (χ0v) is 11.9. The van der Waals surface area contributed by atoms with Gasteiger partial charge in [0, 0.05) is 23.6 Å². The molecular weight excluding hydrogens is 276 g/mol. The van der Waals surface area contributed by atoms with E-state index in [1.807, 2.05) is 4.90 Å². The monoisotopic (exact) mass is 294 g/mol. The molecule has 1 aromatic rings. The van der Waals surface area contributed by atoms with Crippen LogP contribution in [0.1, 0.15) is 22.8 Å². The van der Waals surface area contributed by atoms with Crippen LogP contribution >= 0.6 is 0 Å². The van der Waals surface area contributed by atoms with Crippen molar-refractivity contribution in [3.8, 4) is 0 Å². The molecule has 0 spiro atoms. The molecule has 1 saturated heterocycles. The lowest BCUT2D eigenvalue weighted by Crippen LogP contribution is -2.37. The first-order chi connectivity index (χ1) is 10.1. The van der Waals surface area contributed by atoms with Crippen LogP contribution in [-0.2, 0) is 16.0 Å². The largest absolute Gasteiger partial charge is 0.462 e. The van der Waals surface area contributed by atoms with Crippen LogP contribution in [0.25, 0.3) is 0 Å². The minimum atomic E-state index is -0.454. The van der Waals surface area contributed by atoms with Crippen molar-refractivity contribution in [2.24, 2.45) is 0 Å². The number of carbonyl (C=O) groups excluding carboxylic acids is 1. The van der Waals surface area contributed by atoms with Gasteiger partial charge >= 0.3 is 5.97 Å². The highest BCUT2D eigenvalue weighted by atomic mass is 16.6. The summed E-state index contributed by atoms with van der Waals surface area (Å²) < 4.78 is 10.4. The average Bonchev–Trinajstić information content (AvgIpc) is 2.48. The molecule has 1 fully saturated rings. The van der Waals surface area contributed by atoms with Crippen LogP contribution < -0.4 is 4.90 Å². The van der Waals surface area contributed by atoms with Gasteiger partial charge in [-0.1, -0.05) is 6.07 Å². The van der Waals surface area contributed by atoms with Gasteiger partial charge in [-0.25, -0.2) is 4.79 Å². The van der Waals surface area contributed by atoms with Crippen LogP contribution in [0.3, 0.4) is 0 Å². The summed E-state index contributed by atoms with van der Waals surface area (Å²) in [4.78, 5) is 24.3. The minimum Gasteiger partial charge on any atom is -0.462 e. The summed E-state index contributed by atoms with van der Waals surface area (Å²) in [6, 6.07) is 4.97. The lowest BCUT2D eigenvalue weighted by molar-refractivity contribution is -0.496. The molecule has 1 aliphatic rings. The number of nitro groups is 1. The fourth-order valence-corrected chi connectivity index (χ4v) is 2.28. The predicted octanol–water partition coefficient (Wildman–Crippen LogP) is 1.48. The maximum Gasteiger partial charge on any atom is 0.340 e. The summed E-state index contributed by atoms with van der Waals surface area (Å²) in [7, 11) is 0. The van der Waals surface area contributed by atoms with E-state index in [4.69, 9.17) is 9.47 Å². The molecule has 0 bridgehead atoms. The smallest absolute Gasteiger partial charge is 0.340 e. The molecule has 1 heterocycles. The fourth-order valence-electron chi connectivity index (χ4n) is 2.28. The Hall–Kier alpha value is -2.15. The van der Waals surface area contributed by atoms with E-state index < -0.39 is 10.9 Å². The summed E-state index contributed by atoms with van der Waals surface area (Å²) in [5.41, 5.74) is 1.60. The molecule has 0 atom stereocenters. The molecule has 7 nitrogen and oxygen atoms in total. The Morgan fingerprint density at radius 3 is 2.76 bits per heavy atom. The normalized spacial score (nSPS) is 14.8. The SMILES string of the molecule is CCOC(=O)c1cc(C[N+](=O)[O-])ccc1N1CCOCC1. The number of morpholine rings is 1. The van der Waals surface area contributed by atoms with E-state index in [0.29, 0.717) is 37.4 Å². The van der Waals surface area contributed by atoms with E-state index in [1.165, 1.54) is 0 Å². The molecule has 2 rings (SSSR count). The van der Waals surface area contributed by atoms with Crippen molar-refractivity contribution in [3.05, 3.63) is 39.4 Å². The Morgan fingerprint density at radius 1 is 1.43 bits per heavy atom. The molecule has 21 heavy (non-hydrogen) atoms. The first kappa shape index (κ1) is 15.2. The predicted molar refractivity (Wildman–Crippen MR) is 76.1 cm³/mol. The second-order valence-corrected chi connectivity index (χ2v) is 4.66. The van der Waals surface area contributed by atoms with Crippen molar-refractivity contribution in [1.29, 1.82) is 0 Å². The summed E-state index contributed by atoms with van der Waals surface area (Å²) in [6.07, 6.45) is 0. The van der Waals surface area contributed by atoms with Crippen LogP contribution in [0.15, 0.2) is 18.2 Å². The van der Waals surface area contributed by atoms with E-state index in [-0.39, 0.29) is 13.2 Å². The van der Waals surface area contributed by atoms with Crippen molar-refractivity contribution in [2.45, 2.75) is 13.5 Å². The second-order valence-electron chi connectivity index (χ2n) is 4.66. The fraction of sp³-hybridized carbons (Fsp3) is 0.500. The van der Waals surface area contributed by atoms with Crippen molar-refractivity contribution in [1.82, 2.24) is 0 Å². The van der Waals surface area contributed by atoms with Crippen LogP contribution in [0.5, 0.6) is 0 Å². The molecule has 0 amide bonds. The van der Waals surface area contributed by atoms with Gasteiger partial charge < -0.3 is 14.4 Å². The molecule has 0 N–H and O–H groups in total. The van der Waals surface area contributed by atoms with Crippen molar-refractivity contribution >= 4 is 11.7 Å². The first-order valence-electron chi connectivity index (χ1n) is 6.86. The number of esters is 1. The van der Waals surface area contributed by atoms with Crippen LogP contribution in [0.2, 0.25) is 0 Å². The summed E-state index contributed by atoms with van der Waals surface area (Å²) >= 11 is 0. The summed E-state index contributed by atoms with van der Waals surface area (Å²) in [6.45, 7) is 4.24. The molecule has 114 valence electrons. The second kappa shape index (κ2) is 7.03. The zero-order chi connectivity index (χ0) is 15.2. The Kier molecular flexibility index (Phi) is 5.10. The summed E-state index contributed by atoms with van der Waals surface area (Å²) in [5.74, 6) is -0.454. The Labute approximate surface area is 122 Å². The minimum absolute atomic E-state index is 0.265. The molecule has 1 aromatic carbocycles. The Balaban J connectivity index is 2.32. The number of hydrogen-bond donors (Lipinski definition) is 0. The zero-order valence-electron chi connectivity index (χ0n) is 11.9. The molecular formula is C14H18N2O5. The quantitative estimate of drug-likeness (QED) is 0.465. The number of carbonyl (C=O) groups is 1. The van der Waals surface area contributed by atoms with Gasteiger partial charge in [0.2, 0.25) is 6.54 Å². The molecule has 0 radical (unpaired) electrons. The third-order valence-electron chi connectivity index (χ3n) is 3.22. The van der Waals surface area contributed by atoms with Gasteiger partial charge in [-0.05, 0) is 19.1 Å². The van der Waals surface area contributed by atoms with Crippen molar-refractivity contribution < 1.29 is 19.2 Å². The number of ether oxygens (including phenoxy) is 2. The third kappa shape index (κ3) is 3.91. The molecule has 0 aliphatic carbocycles. The number of nitrogens with zero attached hydrogens (tertiary/aromatic N) is 2. The van der Waals surface area contributed by atoms with Gasteiger partial charge in [-0.3, -0.25) is 10.1 Å². The maximum absolute atomic E-state index is 12.1. The highest BCUT2D eigenvalue weighted by Gasteiger charge is 2.21. The van der Waals surface area contributed by atoms with Gasteiger partial charge in [-0.15, -0.1) is 0 Å². The molecule has 7 heteroatoms. The lowest BCUT2D eigenvalue weighted by atomic mass is 10.1. The van der Waals surface area contributed by atoms with Crippen LogP contribution in [0.4, 0.5) is 5.69 Å². The highest BCUT2D eigenvalue weighted by Crippen LogP contribution is 2.24. The standard InChI is InChI=1S/C14H18N2O5/c1-2-21-14(17)12-9-11(10-16(18)19)3-4-13(12)15-5-7-20-8-6-15/h3-4,9H,2,5-8,10H2,1H3. The number of benzene rings is 1. The maximum atomic E-state index is 12.1. The van der Waals surface area contributed by atoms with Crippen molar-refractivity contribution in [3.63, 3.8) is 0 Å². The van der Waals surface area contributed by atoms with Crippen LogP contribution in [-0.4, -0.2) is 43.8 Å². The topological polar surface area (TPSA) is 81.9 Å². The van der Waals surface area contributed by atoms with E-state index in [9.17, 15) is 14.9 Å². The van der Waals surface area contributed by atoms with Gasteiger partial charge in [0.25, 0.3) is 0 Å². The van der Waals surface area contributed by atoms with Gasteiger partial charge in [-0.2, -0.15) is 0 Å². The van der Waals surface area contributed by atoms with Gasteiger partial charge in [0.05, 0.1) is 31.1 Å². The number of rotatable bonds is 5. The van der Waals surface area contributed by atoms with Crippen molar-refractivity contribution in [2.75, 3.05) is 37.8 Å². The molecule has 0 saturated carbocycles.